The van der Waals surface area contributed by atoms with Crippen molar-refractivity contribution in [2.75, 3.05) is 26.7 Å². The average Bonchev–Trinajstić information content (AvgIpc) is 2.69. The molecule has 2 N–H and O–H groups in total. The summed E-state index contributed by atoms with van der Waals surface area (Å²) in [7, 11) is 1.45. The predicted molar refractivity (Wildman–Crippen MR) is 80.3 cm³/mol. The molecule has 3 unspecified atom stereocenters. The molecule has 0 amide bonds. The quantitative estimate of drug-likeness (QED) is 0.803. The first-order valence-electron chi connectivity index (χ1n) is 8.16. The van der Waals surface area contributed by atoms with Gasteiger partial charge in [-0.05, 0) is 70.0 Å². The number of ether oxygens (including phenoxy) is 1. The number of hydrogen-bond donors (Lipinski definition) is 1. The lowest BCUT2D eigenvalue weighted by atomic mass is 9.85. The van der Waals surface area contributed by atoms with Crippen molar-refractivity contribution in [2.45, 2.75) is 57.4 Å². The number of esters is 1. The van der Waals surface area contributed by atoms with Gasteiger partial charge in [0, 0.05) is 0 Å². The first-order chi connectivity index (χ1) is 9.56. The van der Waals surface area contributed by atoms with Gasteiger partial charge < -0.3 is 15.4 Å². The maximum absolute atomic E-state index is 11.9. The van der Waals surface area contributed by atoms with E-state index in [-0.39, 0.29) is 11.9 Å². The molecule has 2 aliphatic rings. The molecule has 0 radical (unpaired) electrons. The monoisotopic (exact) mass is 282 g/mol. The lowest BCUT2D eigenvalue weighted by Crippen LogP contribution is -2.52. The number of methoxy groups -OCH3 is 1. The lowest BCUT2D eigenvalue weighted by molar-refractivity contribution is -0.148. The SMILES string of the molecule is COC(=O)C1(N)CCCC1CCN1CCCC(C)CC1. The Kier molecular flexibility index (Phi) is 5.44. The van der Waals surface area contributed by atoms with E-state index < -0.39 is 5.54 Å². The van der Waals surface area contributed by atoms with Crippen LogP contribution in [0.5, 0.6) is 0 Å². The van der Waals surface area contributed by atoms with Crippen molar-refractivity contribution in [1.29, 1.82) is 0 Å². The third kappa shape index (κ3) is 3.53. The van der Waals surface area contributed by atoms with E-state index in [1.54, 1.807) is 0 Å². The van der Waals surface area contributed by atoms with E-state index in [1.165, 1.54) is 39.5 Å². The number of nitrogens with two attached hydrogens (primary N) is 1. The molecule has 1 saturated carbocycles. The van der Waals surface area contributed by atoms with Gasteiger partial charge in [-0.3, -0.25) is 4.79 Å². The van der Waals surface area contributed by atoms with E-state index in [2.05, 4.69) is 11.8 Å². The van der Waals surface area contributed by atoms with Crippen molar-refractivity contribution in [1.82, 2.24) is 4.90 Å². The van der Waals surface area contributed by atoms with Crippen molar-refractivity contribution in [3.05, 3.63) is 0 Å². The van der Waals surface area contributed by atoms with Gasteiger partial charge in [-0.25, -0.2) is 0 Å². The molecule has 1 heterocycles. The molecule has 4 heteroatoms. The molecule has 0 spiro atoms. The molecule has 2 fully saturated rings. The lowest BCUT2D eigenvalue weighted by Gasteiger charge is -2.30. The van der Waals surface area contributed by atoms with Gasteiger partial charge in [-0.1, -0.05) is 13.3 Å². The number of carbonyl (C=O) groups is 1. The molecule has 1 saturated heterocycles. The molecule has 1 aliphatic carbocycles. The van der Waals surface area contributed by atoms with Crippen molar-refractivity contribution in [2.24, 2.45) is 17.6 Å². The van der Waals surface area contributed by atoms with Crippen molar-refractivity contribution in [3.63, 3.8) is 0 Å². The molecule has 20 heavy (non-hydrogen) atoms. The third-order valence-electron chi connectivity index (χ3n) is 5.34. The van der Waals surface area contributed by atoms with Gasteiger partial charge in [0.15, 0.2) is 0 Å². The molecule has 1 aliphatic heterocycles. The molecule has 2 rings (SSSR count). The van der Waals surface area contributed by atoms with E-state index >= 15 is 0 Å². The third-order valence-corrected chi connectivity index (χ3v) is 5.34. The number of carbonyl (C=O) groups excluding carboxylic acids is 1. The molecule has 0 aromatic carbocycles. The minimum Gasteiger partial charge on any atom is -0.468 e. The second kappa shape index (κ2) is 6.90. The Bertz CT molecular complexity index is 334. The van der Waals surface area contributed by atoms with Crippen LogP contribution in [0.15, 0.2) is 0 Å². The molecule has 0 bridgehead atoms. The molecule has 0 aromatic heterocycles. The number of nitrogens with zero attached hydrogens (tertiary/aromatic N) is 1. The summed E-state index contributed by atoms with van der Waals surface area (Å²) in [5, 5.41) is 0. The standard InChI is InChI=1S/C16H30N2O2/c1-13-5-4-10-18(11-7-13)12-8-14-6-3-9-16(14,17)15(19)20-2/h13-14H,3-12,17H2,1-2H3. The van der Waals surface area contributed by atoms with E-state index in [1.807, 2.05) is 0 Å². The first-order valence-corrected chi connectivity index (χ1v) is 8.16. The summed E-state index contributed by atoms with van der Waals surface area (Å²) in [6.45, 7) is 5.83. The van der Waals surface area contributed by atoms with Gasteiger partial charge in [0.05, 0.1) is 7.11 Å². The number of likely N-dealkylation sites (tertiary alicyclic amines) is 1. The van der Waals surface area contributed by atoms with E-state index in [0.717, 1.165) is 38.1 Å². The molecular formula is C16H30N2O2. The highest BCUT2D eigenvalue weighted by Crippen LogP contribution is 2.37. The van der Waals surface area contributed by atoms with Crippen LogP contribution in [0.1, 0.15) is 51.9 Å². The van der Waals surface area contributed by atoms with Crippen LogP contribution >= 0.6 is 0 Å². The highest BCUT2D eigenvalue weighted by atomic mass is 16.5. The summed E-state index contributed by atoms with van der Waals surface area (Å²) < 4.78 is 4.92. The van der Waals surface area contributed by atoms with Gasteiger partial charge in [0.1, 0.15) is 5.54 Å². The van der Waals surface area contributed by atoms with Crippen LogP contribution in [0, 0.1) is 11.8 Å². The zero-order valence-electron chi connectivity index (χ0n) is 13.1. The summed E-state index contributed by atoms with van der Waals surface area (Å²) in [6.07, 6.45) is 7.87. The van der Waals surface area contributed by atoms with Crippen LogP contribution < -0.4 is 5.73 Å². The van der Waals surface area contributed by atoms with Gasteiger partial charge >= 0.3 is 5.97 Å². The van der Waals surface area contributed by atoms with Crippen LogP contribution in [0.25, 0.3) is 0 Å². The summed E-state index contributed by atoms with van der Waals surface area (Å²) in [4.78, 5) is 14.5. The second-order valence-electron chi connectivity index (χ2n) is 6.79. The molecule has 3 atom stereocenters. The molecule has 4 nitrogen and oxygen atoms in total. The van der Waals surface area contributed by atoms with Crippen molar-refractivity contribution >= 4 is 5.97 Å². The average molecular weight is 282 g/mol. The van der Waals surface area contributed by atoms with Gasteiger partial charge in [-0.15, -0.1) is 0 Å². The summed E-state index contributed by atoms with van der Waals surface area (Å²) >= 11 is 0. The maximum atomic E-state index is 11.9. The fourth-order valence-corrected chi connectivity index (χ4v) is 3.85. The van der Waals surface area contributed by atoms with E-state index in [0.29, 0.717) is 0 Å². The van der Waals surface area contributed by atoms with Gasteiger partial charge in [0.25, 0.3) is 0 Å². The Morgan fingerprint density at radius 2 is 2.10 bits per heavy atom. The smallest absolute Gasteiger partial charge is 0.326 e. The van der Waals surface area contributed by atoms with Gasteiger partial charge in [-0.2, -0.15) is 0 Å². The highest BCUT2D eigenvalue weighted by molar-refractivity contribution is 5.81. The normalized spacial score (nSPS) is 35.8. The Hall–Kier alpha value is -0.610. The summed E-state index contributed by atoms with van der Waals surface area (Å²) in [5.74, 6) is 0.926. The largest absolute Gasteiger partial charge is 0.468 e. The van der Waals surface area contributed by atoms with Crippen molar-refractivity contribution in [3.8, 4) is 0 Å². The van der Waals surface area contributed by atoms with Crippen LogP contribution in [-0.4, -0.2) is 43.2 Å². The Balaban J connectivity index is 1.85. The van der Waals surface area contributed by atoms with Crippen LogP contribution in [0.2, 0.25) is 0 Å². The Morgan fingerprint density at radius 3 is 2.85 bits per heavy atom. The Morgan fingerprint density at radius 1 is 1.30 bits per heavy atom. The number of hydrogen-bond acceptors (Lipinski definition) is 4. The number of rotatable bonds is 4. The predicted octanol–water partition coefficient (Wildman–Crippen LogP) is 2.17. The van der Waals surface area contributed by atoms with Crippen molar-refractivity contribution < 1.29 is 9.53 Å². The van der Waals surface area contributed by atoms with E-state index in [9.17, 15) is 4.79 Å². The topological polar surface area (TPSA) is 55.6 Å². The Labute approximate surface area is 123 Å². The van der Waals surface area contributed by atoms with Crippen LogP contribution in [-0.2, 0) is 9.53 Å². The zero-order valence-corrected chi connectivity index (χ0v) is 13.1. The first kappa shape index (κ1) is 15.8. The zero-order chi connectivity index (χ0) is 14.6. The van der Waals surface area contributed by atoms with E-state index in [4.69, 9.17) is 10.5 Å². The fraction of sp³-hybridized carbons (Fsp3) is 0.938. The van der Waals surface area contributed by atoms with Gasteiger partial charge in [0.2, 0.25) is 0 Å². The summed E-state index contributed by atoms with van der Waals surface area (Å²) in [6, 6.07) is 0. The summed E-state index contributed by atoms with van der Waals surface area (Å²) in [5.41, 5.74) is 5.60. The highest BCUT2D eigenvalue weighted by Gasteiger charge is 2.46. The second-order valence-corrected chi connectivity index (χ2v) is 6.79. The molecule has 116 valence electrons. The maximum Gasteiger partial charge on any atom is 0.326 e. The molecular weight excluding hydrogens is 252 g/mol. The molecule has 0 aromatic rings. The fourth-order valence-electron chi connectivity index (χ4n) is 3.85. The van der Waals surface area contributed by atoms with Crippen LogP contribution in [0.3, 0.4) is 0 Å². The van der Waals surface area contributed by atoms with Crippen LogP contribution in [0.4, 0.5) is 0 Å². The minimum absolute atomic E-state index is 0.218. The minimum atomic E-state index is -0.728.